The first-order valence-corrected chi connectivity index (χ1v) is 5.09. The number of nitrogens with two attached hydrogens (primary N) is 1. The van der Waals surface area contributed by atoms with Crippen LogP contribution in [0.5, 0.6) is 0 Å². The molecule has 0 spiro atoms. The molecule has 0 fully saturated rings. The van der Waals surface area contributed by atoms with Crippen molar-refractivity contribution in [2.75, 3.05) is 5.73 Å². The molecule has 0 aliphatic carbocycles. The Hall–Kier alpha value is -1.77. The van der Waals surface area contributed by atoms with E-state index < -0.39 is 0 Å². The van der Waals surface area contributed by atoms with Crippen LogP contribution in [0.2, 0.25) is 0 Å². The molecule has 2 aromatic rings. The average molecular weight is 201 g/mol. The lowest BCUT2D eigenvalue weighted by Gasteiger charge is -2.11. The molecule has 2 rings (SSSR count). The zero-order valence-electron chi connectivity index (χ0n) is 8.80. The van der Waals surface area contributed by atoms with Gasteiger partial charge >= 0.3 is 0 Å². The van der Waals surface area contributed by atoms with Gasteiger partial charge in [-0.25, -0.2) is 0 Å². The summed E-state index contributed by atoms with van der Waals surface area (Å²) < 4.78 is 1.88. The molecule has 0 amide bonds. The molecule has 0 aliphatic heterocycles. The number of nitrogens with zero attached hydrogens (tertiary/aromatic N) is 2. The second kappa shape index (κ2) is 4.17. The van der Waals surface area contributed by atoms with Crippen LogP contribution in [-0.2, 0) is 6.54 Å². The van der Waals surface area contributed by atoms with Crippen LogP contribution in [0.15, 0.2) is 42.6 Å². The Bertz CT molecular complexity index is 419. The maximum atomic E-state index is 5.56. The highest BCUT2D eigenvalue weighted by atomic mass is 15.3. The Balaban J connectivity index is 2.07. The van der Waals surface area contributed by atoms with Crippen molar-refractivity contribution in [3.63, 3.8) is 0 Å². The van der Waals surface area contributed by atoms with Gasteiger partial charge in [0.05, 0.1) is 0 Å². The molecule has 3 heteroatoms. The first-order chi connectivity index (χ1) is 7.25. The van der Waals surface area contributed by atoms with Crippen LogP contribution >= 0.6 is 0 Å². The first kappa shape index (κ1) is 9.77. The highest BCUT2D eigenvalue weighted by Crippen LogP contribution is 2.16. The van der Waals surface area contributed by atoms with Crippen LogP contribution in [0.4, 0.5) is 5.82 Å². The fraction of sp³-hybridized carbons (Fsp3) is 0.250. The van der Waals surface area contributed by atoms with Crippen molar-refractivity contribution in [1.29, 1.82) is 0 Å². The molecule has 78 valence electrons. The summed E-state index contributed by atoms with van der Waals surface area (Å²) in [7, 11) is 0. The molecule has 0 saturated heterocycles. The van der Waals surface area contributed by atoms with E-state index >= 15 is 0 Å². The van der Waals surface area contributed by atoms with E-state index in [1.165, 1.54) is 5.56 Å². The number of benzene rings is 1. The molecule has 1 aromatic heterocycles. The van der Waals surface area contributed by atoms with E-state index in [4.69, 9.17) is 5.73 Å². The number of anilines is 1. The summed E-state index contributed by atoms with van der Waals surface area (Å²) >= 11 is 0. The second-order valence-electron chi connectivity index (χ2n) is 3.77. The molecule has 0 bridgehead atoms. The van der Waals surface area contributed by atoms with Gasteiger partial charge in [0.2, 0.25) is 0 Å². The molecule has 1 atom stereocenters. The quantitative estimate of drug-likeness (QED) is 0.827. The summed E-state index contributed by atoms with van der Waals surface area (Å²) in [4.78, 5) is 0. The second-order valence-corrected chi connectivity index (χ2v) is 3.77. The van der Waals surface area contributed by atoms with Crippen molar-refractivity contribution in [2.45, 2.75) is 19.4 Å². The molecule has 1 aromatic carbocycles. The molecule has 0 radical (unpaired) electrons. The number of nitrogen functional groups attached to an aromatic ring is 1. The highest BCUT2D eigenvalue weighted by molar-refractivity contribution is 5.24. The Morgan fingerprint density at radius 1 is 1.27 bits per heavy atom. The van der Waals surface area contributed by atoms with Gasteiger partial charge in [-0.15, -0.1) is 0 Å². The van der Waals surface area contributed by atoms with Crippen LogP contribution in [0.25, 0.3) is 0 Å². The molecule has 15 heavy (non-hydrogen) atoms. The van der Waals surface area contributed by atoms with E-state index in [1.807, 2.05) is 23.0 Å². The van der Waals surface area contributed by atoms with Crippen molar-refractivity contribution >= 4 is 5.82 Å². The predicted octanol–water partition coefficient (Wildman–Crippen LogP) is 2.27. The van der Waals surface area contributed by atoms with E-state index in [0.29, 0.717) is 11.7 Å². The van der Waals surface area contributed by atoms with Gasteiger partial charge in [-0.3, -0.25) is 4.68 Å². The Labute approximate surface area is 89.5 Å². The van der Waals surface area contributed by atoms with Crippen LogP contribution < -0.4 is 5.73 Å². The minimum atomic E-state index is 0.450. The van der Waals surface area contributed by atoms with Crippen LogP contribution in [-0.4, -0.2) is 9.78 Å². The molecule has 0 saturated carbocycles. The highest BCUT2D eigenvalue weighted by Gasteiger charge is 2.06. The summed E-state index contributed by atoms with van der Waals surface area (Å²) in [5.74, 6) is 1.03. The van der Waals surface area contributed by atoms with Crippen LogP contribution in [0.1, 0.15) is 18.4 Å². The SMILES string of the molecule is C[C@@H](Cn1ccc(N)n1)c1ccccc1. The Morgan fingerprint density at radius 3 is 2.60 bits per heavy atom. The number of hydrogen-bond donors (Lipinski definition) is 1. The summed E-state index contributed by atoms with van der Waals surface area (Å²) in [6.07, 6.45) is 1.91. The molecular formula is C12H15N3. The van der Waals surface area contributed by atoms with Gasteiger partial charge in [0.25, 0.3) is 0 Å². The predicted molar refractivity (Wildman–Crippen MR) is 61.5 cm³/mol. The molecule has 0 unspecified atom stereocenters. The summed E-state index contributed by atoms with van der Waals surface area (Å²) in [5, 5.41) is 4.17. The molecule has 3 nitrogen and oxygen atoms in total. The monoisotopic (exact) mass is 201 g/mol. The minimum absolute atomic E-state index is 0.450. The lowest BCUT2D eigenvalue weighted by atomic mass is 10.0. The van der Waals surface area contributed by atoms with E-state index in [9.17, 15) is 0 Å². The third-order valence-electron chi connectivity index (χ3n) is 2.49. The van der Waals surface area contributed by atoms with Crippen LogP contribution in [0.3, 0.4) is 0 Å². The van der Waals surface area contributed by atoms with Gasteiger partial charge in [-0.1, -0.05) is 37.3 Å². The average Bonchev–Trinajstić information content (AvgIpc) is 2.65. The van der Waals surface area contributed by atoms with Gasteiger partial charge in [0, 0.05) is 18.7 Å². The maximum Gasteiger partial charge on any atom is 0.145 e. The number of hydrogen-bond acceptors (Lipinski definition) is 2. The minimum Gasteiger partial charge on any atom is -0.382 e. The van der Waals surface area contributed by atoms with Crippen molar-refractivity contribution in [1.82, 2.24) is 9.78 Å². The Morgan fingerprint density at radius 2 is 2.00 bits per heavy atom. The zero-order chi connectivity index (χ0) is 10.7. The molecule has 1 heterocycles. The normalized spacial score (nSPS) is 12.6. The third-order valence-corrected chi connectivity index (χ3v) is 2.49. The lowest BCUT2D eigenvalue weighted by molar-refractivity contribution is 0.545. The van der Waals surface area contributed by atoms with Gasteiger partial charge in [-0.05, 0) is 11.6 Å². The van der Waals surface area contributed by atoms with E-state index in [2.05, 4.69) is 36.3 Å². The smallest absolute Gasteiger partial charge is 0.145 e. The first-order valence-electron chi connectivity index (χ1n) is 5.09. The van der Waals surface area contributed by atoms with Crippen molar-refractivity contribution in [3.05, 3.63) is 48.2 Å². The molecule has 0 aliphatic rings. The van der Waals surface area contributed by atoms with Crippen molar-refractivity contribution < 1.29 is 0 Å². The summed E-state index contributed by atoms with van der Waals surface area (Å²) in [6, 6.07) is 12.2. The van der Waals surface area contributed by atoms with Gasteiger partial charge < -0.3 is 5.73 Å². The van der Waals surface area contributed by atoms with Crippen molar-refractivity contribution in [2.24, 2.45) is 0 Å². The topological polar surface area (TPSA) is 43.8 Å². The van der Waals surface area contributed by atoms with Gasteiger partial charge in [0.15, 0.2) is 0 Å². The third kappa shape index (κ3) is 2.37. The maximum absolute atomic E-state index is 5.56. The largest absolute Gasteiger partial charge is 0.382 e. The fourth-order valence-corrected chi connectivity index (χ4v) is 1.65. The van der Waals surface area contributed by atoms with E-state index in [0.717, 1.165) is 6.54 Å². The Kier molecular flexibility index (Phi) is 2.72. The number of rotatable bonds is 3. The lowest BCUT2D eigenvalue weighted by Crippen LogP contribution is -2.07. The molecular weight excluding hydrogens is 186 g/mol. The standard InChI is InChI=1S/C12H15N3/c1-10(11-5-3-2-4-6-11)9-15-8-7-12(13)14-15/h2-8,10H,9H2,1H3,(H2,13,14)/t10-/m0/s1. The zero-order valence-corrected chi connectivity index (χ0v) is 8.80. The van der Waals surface area contributed by atoms with E-state index in [-0.39, 0.29) is 0 Å². The summed E-state index contributed by atoms with van der Waals surface area (Å²) in [6.45, 7) is 3.05. The summed E-state index contributed by atoms with van der Waals surface area (Å²) in [5.41, 5.74) is 6.89. The van der Waals surface area contributed by atoms with Crippen LogP contribution in [0, 0.1) is 0 Å². The van der Waals surface area contributed by atoms with E-state index in [1.54, 1.807) is 0 Å². The fourth-order valence-electron chi connectivity index (χ4n) is 1.65. The van der Waals surface area contributed by atoms with Crippen molar-refractivity contribution in [3.8, 4) is 0 Å². The van der Waals surface area contributed by atoms with Gasteiger partial charge in [0.1, 0.15) is 5.82 Å². The van der Waals surface area contributed by atoms with Gasteiger partial charge in [-0.2, -0.15) is 5.10 Å². The molecule has 2 N–H and O–H groups in total. The number of aromatic nitrogens is 2.